The summed E-state index contributed by atoms with van der Waals surface area (Å²) >= 11 is 3.42. The van der Waals surface area contributed by atoms with E-state index in [1.165, 1.54) is 16.3 Å². The second-order valence-corrected chi connectivity index (χ2v) is 5.60. The summed E-state index contributed by atoms with van der Waals surface area (Å²) in [6.07, 6.45) is 2.04. The van der Waals surface area contributed by atoms with Crippen molar-refractivity contribution in [3.63, 3.8) is 0 Å². The summed E-state index contributed by atoms with van der Waals surface area (Å²) in [6, 6.07) is 10.4. The molecule has 0 heterocycles. The molecule has 0 radical (unpaired) electrons. The predicted molar refractivity (Wildman–Crippen MR) is 88.4 cm³/mol. The number of aryl methyl sites for hydroxylation is 1. The standard InChI is InChI=1S/C17H21BrO2/c1-3-10-19-15-6-7-16-13(2)17(20-11-4-9-18)8-5-14(16)12-15/h5-8,12H,3-4,9-11H2,1-2H3. The summed E-state index contributed by atoms with van der Waals surface area (Å²) < 4.78 is 11.5. The van der Waals surface area contributed by atoms with Crippen molar-refractivity contribution in [3.8, 4) is 11.5 Å². The molecule has 108 valence electrons. The maximum absolute atomic E-state index is 5.82. The number of fused-ring (bicyclic) bond motifs is 1. The monoisotopic (exact) mass is 336 g/mol. The summed E-state index contributed by atoms with van der Waals surface area (Å²) in [7, 11) is 0. The third-order valence-electron chi connectivity index (χ3n) is 3.22. The molecule has 0 unspecified atom stereocenters. The van der Waals surface area contributed by atoms with Gasteiger partial charge in [0.1, 0.15) is 11.5 Å². The first-order valence-corrected chi connectivity index (χ1v) is 8.23. The van der Waals surface area contributed by atoms with Gasteiger partial charge in [-0.1, -0.05) is 35.0 Å². The van der Waals surface area contributed by atoms with Gasteiger partial charge < -0.3 is 9.47 Å². The van der Waals surface area contributed by atoms with Crippen LogP contribution in [0.1, 0.15) is 25.3 Å². The highest BCUT2D eigenvalue weighted by Crippen LogP contribution is 2.30. The van der Waals surface area contributed by atoms with E-state index in [9.17, 15) is 0 Å². The topological polar surface area (TPSA) is 18.5 Å². The molecule has 3 heteroatoms. The van der Waals surface area contributed by atoms with E-state index in [4.69, 9.17) is 9.47 Å². The number of rotatable bonds is 7. The van der Waals surface area contributed by atoms with Crippen LogP contribution in [0.5, 0.6) is 11.5 Å². The number of benzene rings is 2. The number of ether oxygens (including phenoxy) is 2. The summed E-state index contributed by atoms with van der Waals surface area (Å²) in [6.45, 7) is 5.73. The molecule has 0 spiro atoms. The van der Waals surface area contributed by atoms with Gasteiger partial charge in [0.05, 0.1) is 13.2 Å². The Bertz CT molecular complexity index is 566. The van der Waals surface area contributed by atoms with Gasteiger partial charge in [0, 0.05) is 5.33 Å². The van der Waals surface area contributed by atoms with Crippen molar-refractivity contribution in [1.29, 1.82) is 0 Å². The third-order valence-corrected chi connectivity index (χ3v) is 3.78. The van der Waals surface area contributed by atoms with Crippen molar-refractivity contribution < 1.29 is 9.47 Å². The van der Waals surface area contributed by atoms with Crippen molar-refractivity contribution in [1.82, 2.24) is 0 Å². The van der Waals surface area contributed by atoms with Crippen LogP contribution in [0.3, 0.4) is 0 Å². The van der Waals surface area contributed by atoms with Crippen LogP contribution < -0.4 is 9.47 Å². The quantitative estimate of drug-likeness (QED) is 0.517. The molecule has 0 atom stereocenters. The normalized spacial score (nSPS) is 10.8. The SMILES string of the molecule is CCCOc1ccc2c(C)c(OCCCBr)ccc2c1. The van der Waals surface area contributed by atoms with Crippen LogP contribution in [-0.4, -0.2) is 18.5 Å². The molecular weight excluding hydrogens is 316 g/mol. The molecule has 0 fully saturated rings. The minimum absolute atomic E-state index is 0.745. The fraction of sp³-hybridized carbons (Fsp3) is 0.412. The Morgan fingerprint density at radius 1 is 1.05 bits per heavy atom. The molecule has 0 bridgehead atoms. The van der Waals surface area contributed by atoms with E-state index in [-0.39, 0.29) is 0 Å². The zero-order chi connectivity index (χ0) is 14.4. The minimum Gasteiger partial charge on any atom is -0.494 e. The molecule has 0 aliphatic carbocycles. The molecule has 0 saturated heterocycles. The molecule has 0 saturated carbocycles. The van der Waals surface area contributed by atoms with Crippen LogP contribution in [0.2, 0.25) is 0 Å². The molecule has 2 aromatic carbocycles. The highest BCUT2D eigenvalue weighted by Gasteiger charge is 2.06. The molecule has 0 N–H and O–H groups in total. The lowest BCUT2D eigenvalue weighted by molar-refractivity contribution is 0.316. The van der Waals surface area contributed by atoms with Gasteiger partial charge in [0.15, 0.2) is 0 Å². The molecule has 0 aromatic heterocycles. The number of halogens is 1. The van der Waals surface area contributed by atoms with Gasteiger partial charge in [-0.2, -0.15) is 0 Å². The Morgan fingerprint density at radius 2 is 1.90 bits per heavy atom. The maximum atomic E-state index is 5.82. The number of alkyl halides is 1. The molecule has 2 nitrogen and oxygen atoms in total. The average Bonchev–Trinajstić information content (AvgIpc) is 2.47. The van der Waals surface area contributed by atoms with Crippen LogP contribution in [-0.2, 0) is 0 Å². The Balaban J connectivity index is 2.22. The molecule has 2 rings (SSSR count). The molecule has 0 aliphatic heterocycles. The van der Waals surface area contributed by atoms with Crippen molar-refractivity contribution in [3.05, 3.63) is 35.9 Å². The summed E-state index contributed by atoms with van der Waals surface area (Å²) in [4.78, 5) is 0. The van der Waals surface area contributed by atoms with Gasteiger partial charge in [-0.15, -0.1) is 0 Å². The second-order valence-electron chi connectivity index (χ2n) is 4.81. The largest absolute Gasteiger partial charge is 0.494 e. The first-order chi connectivity index (χ1) is 9.76. The third kappa shape index (κ3) is 3.66. The Kier molecular flexibility index (Phi) is 5.72. The lowest BCUT2D eigenvalue weighted by Crippen LogP contribution is -1.99. The van der Waals surface area contributed by atoms with E-state index < -0.39 is 0 Å². The molecule has 20 heavy (non-hydrogen) atoms. The van der Waals surface area contributed by atoms with Gasteiger partial charge in [-0.3, -0.25) is 0 Å². The number of hydrogen-bond donors (Lipinski definition) is 0. The van der Waals surface area contributed by atoms with E-state index in [0.717, 1.165) is 42.9 Å². The van der Waals surface area contributed by atoms with Gasteiger partial charge in [0.2, 0.25) is 0 Å². The smallest absolute Gasteiger partial charge is 0.122 e. The van der Waals surface area contributed by atoms with E-state index in [1.807, 2.05) is 6.07 Å². The lowest BCUT2D eigenvalue weighted by atomic mass is 10.0. The predicted octanol–water partition coefficient (Wildman–Crippen LogP) is 5.10. The van der Waals surface area contributed by atoms with Crippen molar-refractivity contribution in [2.75, 3.05) is 18.5 Å². The van der Waals surface area contributed by atoms with E-state index >= 15 is 0 Å². The first kappa shape index (κ1) is 15.2. The van der Waals surface area contributed by atoms with Crippen molar-refractivity contribution in [2.45, 2.75) is 26.7 Å². The van der Waals surface area contributed by atoms with Crippen LogP contribution in [0, 0.1) is 6.92 Å². The van der Waals surface area contributed by atoms with Crippen LogP contribution in [0.4, 0.5) is 0 Å². The van der Waals surface area contributed by atoms with Crippen LogP contribution >= 0.6 is 15.9 Å². The highest BCUT2D eigenvalue weighted by molar-refractivity contribution is 9.09. The second kappa shape index (κ2) is 7.53. The van der Waals surface area contributed by atoms with Crippen LogP contribution in [0.25, 0.3) is 10.8 Å². The average molecular weight is 337 g/mol. The summed E-state index contributed by atoms with van der Waals surface area (Å²) in [5.74, 6) is 1.91. The van der Waals surface area contributed by atoms with Gasteiger partial charge in [-0.05, 0) is 54.3 Å². The molecular formula is C17H21BrO2. The summed E-state index contributed by atoms with van der Waals surface area (Å²) in [5.41, 5.74) is 1.19. The maximum Gasteiger partial charge on any atom is 0.122 e. The zero-order valence-electron chi connectivity index (χ0n) is 12.1. The minimum atomic E-state index is 0.745. The molecule has 0 amide bonds. The van der Waals surface area contributed by atoms with Crippen LogP contribution in [0.15, 0.2) is 30.3 Å². The summed E-state index contributed by atoms with van der Waals surface area (Å²) in [5, 5.41) is 3.40. The van der Waals surface area contributed by atoms with Crippen molar-refractivity contribution in [2.24, 2.45) is 0 Å². The molecule has 2 aromatic rings. The van der Waals surface area contributed by atoms with E-state index in [0.29, 0.717) is 0 Å². The number of hydrogen-bond acceptors (Lipinski definition) is 2. The highest BCUT2D eigenvalue weighted by atomic mass is 79.9. The zero-order valence-corrected chi connectivity index (χ0v) is 13.7. The van der Waals surface area contributed by atoms with Gasteiger partial charge >= 0.3 is 0 Å². The fourth-order valence-electron chi connectivity index (χ4n) is 2.15. The molecule has 0 aliphatic rings. The van der Waals surface area contributed by atoms with E-state index in [2.05, 4.69) is 54.0 Å². The van der Waals surface area contributed by atoms with Gasteiger partial charge in [0.25, 0.3) is 0 Å². The van der Waals surface area contributed by atoms with Gasteiger partial charge in [-0.25, -0.2) is 0 Å². The Morgan fingerprint density at radius 3 is 2.65 bits per heavy atom. The van der Waals surface area contributed by atoms with Crippen molar-refractivity contribution >= 4 is 26.7 Å². The first-order valence-electron chi connectivity index (χ1n) is 7.11. The Labute approximate surface area is 129 Å². The van der Waals surface area contributed by atoms with E-state index in [1.54, 1.807) is 0 Å². The fourth-order valence-corrected chi connectivity index (χ4v) is 2.38. The lowest BCUT2D eigenvalue weighted by Gasteiger charge is -2.12. The Hall–Kier alpha value is -1.22.